The fourth-order valence-electron chi connectivity index (χ4n) is 1.94. The molecular weight excluding hydrogens is 276 g/mol. The topological polar surface area (TPSA) is 87.7 Å². The van der Waals surface area contributed by atoms with Crippen molar-refractivity contribution in [2.75, 3.05) is 4.72 Å². The molecule has 0 radical (unpaired) electrons. The van der Waals surface area contributed by atoms with E-state index >= 15 is 0 Å². The number of H-pyrrole nitrogens is 1. The summed E-state index contributed by atoms with van der Waals surface area (Å²) in [6.07, 6.45) is 0. The van der Waals surface area contributed by atoms with Crippen LogP contribution in [0.25, 0.3) is 11.0 Å². The molecule has 0 aliphatic carbocycles. The number of anilines is 1. The molecule has 0 saturated carbocycles. The zero-order valence-corrected chi connectivity index (χ0v) is 11.5. The summed E-state index contributed by atoms with van der Waals surface area (Å²) in [7, 11) is -3.64. The first kappa shape index (κ1) is 12.6. The number of hydrogen-bond donors (Lipinski definition) is 2. The molecule has 0 spiro atoms. The van der Waals surface area contributed by atoms with E-state index < -0.39 is 10.0 Å². The number of nitrogens with one attached hydrogen (secondary N) is 2. The minimum absolute atomic E-state index is 0.220. The lowest BCUT2D eigenvalue weighted by molar-refractivity contribution is 0.601. The summed E-state index contributed by atoms with van der Waals surface area (Å²) in [6, 6.07) is 11.8. The van der Waals surface area contributed by atoms with Gasteiger partial charge in [0, 0.05) is 0 Å². The van der Waals surface area contributed by atoms with Crippen LogP contribution in [-0.4, -0.2) is 23.8 Å². The Kier molecular flexibility index (Phi) is 2.90. The van der Waals surface area contributed by atoms with E-state index in [0.717, 1.165) is 5.56 Å². The zero-order valence-electron chi connectivity index (χ0n) is 10.7. The first-order valence-corrected chi connectivity index (χ1v) is 7.43. The van der Waals surface area contributed by atoms with Crippen LogP contribution in [0.4, 0.5) is 5.69 Å². The average molecular weight is 288 g/mol. The van der Waals surface area contributed by atoms with Crippen molar-refractivity contribution < 1.29 is 8.42 Å². The maximum Gasteiger partial charge on any atom is 0.261 e. The molecule has 0 atom stereocenters. The molecule has 6 nitrogen and oxygen atoms in total. The van der Waals surface area contributed by atoms with E-state index in [4.69, 9.17) is 0 Å². The summed E-state index contributed by atoms with van der Waals surface area (Å²) in [4.78, 5) is 0.220. The Morgan fingerprint density at radius 3 is 2.70 bits per heavy atom. The summed E-state index contributed by atoms with van der Waals surface area (Å²) < 4.78 is 27.2. The van der Waals surface area contributed by atoms with Crippen LogP contribution >= 0.6 is 0 Å². The third-order valence-electron chi connectivity index (χ3n) is 2.89. The van der Waals surface area contributed by atoms with E-state index in [9.17, 15) is 8.42 Å². The second-order valence-corrected chi connectivity index (χ2v) is 6.10. The highest BCUT2D eigenvalue weighted by Crippen LogP contribution is 2.22. The maximum absolute atomic E-state index is 12.3. The molecule has 3 rings (SSSR count). The molecule has 3 aromatic rings. The molecular formula is C13H12N4O2S. The van der Waals surface area contributed by atoms with Crippen LogP contribution in [0.3, 0.4) is 0 Å². The van der Waals surface area contributed by atoms with Crippen molar-refractivity contribution in [3.8, 4) is 0 Å². The fraction of sp³-hybridized carbons (Fsp3) is 0.0769. The number of aryl methyl sites for hydroxylation is 1. The number of fused-ring (bicyclic) bond motifs is 1. The maximum atomic E-state index is 12.3. The fourth-order valence-corrected chi connectivity index (χ4v) is 3.11. The molecule has 2 N–H and O–H groups in total. The molecule has 0 saturated heterocycles. The molecule has 0 fully saturated rings. The monoisotopic (exact) mass is 288 g/mol. The van der Waals surface area contributed by atoms with Gasteiger partial charge in [-0.25, -0.2) is 8.42 Å². The largest absolute Gasteiger partial charge is 0.277 e. The highest BCUT2D eigenvalue weighted by Gasteiger charge is 2.16. The molecule has 0 aliphatic rings. The minimum Gasteiger partial charge on any atom is -0.277 e. The Bertz CT molecular complexity index is 871. The van der Waals surface area contributed by atoms with Crippen molar-refractivity contribution in [3.63, 3.8) is 0 Å². The Morgan fingerprint density at radius 1 is 1.10 bits per heavy atom. The summed E-state index contributed by atoms with van der Waals surface area (Å²) in [5, 5.41) is 10.4. The lowest BCUT2D eigenvalue weighted by Gasteiger charge is -2.08. The van der Waals surface area contributed by atoms with Crippen molar-refractivity contribution in [3.05, 3.63) is 48.0 Å². The molecule has 1 heterocycles. The highest BCUT2D eigenvalue weighted by atomic mass is 32.2. The van der Waals surface area contributed by atoms with Gasteiger partial charge in [-0.3, -0.25) is 4.72 Å². The number of aromatic amines is 1. The van der Waals surface area contributed by atoms with Gasteiger partial charge in [0.15, 0.2) is 0 Å². The van der Waals surface area contributed by atoms with Crippen LogP contribution in [0.15, 0.2) is 47.4 Å². The van der Waals surface area contributed by atoms with Gasteiger partial charge in [0.1, 0.15) is 11.0 Å². The van der Waals surface area contributed by atoms with Crippen molar-refractivity contribution in [1.29, 1.82) is 0 Å². The van der Waals surface area contributed by atoms with Gasteiger partial charge < -0.3 is 0 Å². The van der Waals surface area contributed by atoms with E-state index in [1.807, 2.05) is 13.0 Å². The number of rotatable bonds is 3. The van der Waals surface area contributed by atoms with E-state index in [1.54, 1.807) is 36.4 Å². The predicted molar refractivity (Wildman–Crippen MR) is 75.9 cm³/mol. The van der Waals surface area contributed by atoms with E-state index in [1.165, 1.54) is 0 Å². The standard InChI is InChI=1S/C13H12N4O2S/c1-9-4-2-5-10(8-9)20(18,19)16-12-7-3-6-11-13(12)15-17-14-11/h2-8,16H,1H3,(H,14,15,17). The lowest BCUT2D eigenvalue weighted by atomic mass is 10.2. The molecule has 7 heteroatoms. The van der Waals surface area contributed by atoms with Crippen LogP contribution in [0.5, 0.6) is 0 Å². The van der Waals surface area contributed by atoms with Gasteiger partial charge in [0.2, 0.25) is 0 Å². The molecule has 0 amide bonds. The van der Waals surface area contributed by atoms with Gasteiger partial charge in [-0.05, 0) is 36.8 Å². The summed E-state index contributed by atoms with van der Waals surface area (Å²) >= 11 is 0. The summed E-state index contributed by atoms with van der Waals surface area (Å²) in [5.41, 5.74) is 2.38. The van der Waals surface area contributed by atoms with Gasteiger partial charge in [-0.15, -0.1) is 0 Å². The van der Waals surface area contributed by atoms with Crippen LogP contribution in [-0.2, 0) is 10.0 Å². The molecule has 0 unspecified atom stereocenters. The zero-order chi connectivity index (χ0) is 14.2. The first-order chi connectivity index (χ1) is 9.56. The molecule has 0 bridgehead atoms. The van der Waals surface area contributed by atoms with Crippen LogP contribution in [0, 0.1) is 6.92 Å². The number of aromatic nitrogens is 3. The number of nitrogens with zero attached hydrogens (tertiary/aromatic N) is 2. The van der Waals surface area contributed by atoms with E-state index in [-0.39, 0.29) is 4.90 Å². The quantitative estimate of drug-likeness (QED) is 0.772. The van der Waals surface area contributed by atoms with Crippen molar-refractivity contribution in [2.45, 2.75) is 11.8 Å². The summed E-state index contributed by atoms with van der Waals surface area (Å²) in [6.45, 7) is 1.84. The average Bonchev–Trinajstić information content (AvgIpc) is 2.88. The van der Waals surface area contributed by atoms with Crippen molar-refractivity contribution in [2.24, 2.45) is 0 Å². The highest BCUT2D eigenvalue weighted by molar-refractivity contribution is 7.92. The second-order valence-electron chi connectivity index (χ2n) is 4.42. The Balaban J connectivity index is 2.04. The van der Waals surface area contributed by atoms with Crippen molar-refractivity contribution >= 4 is 26.7 Å². The number of sulfonamides is 1. The third kappa shape index (κ3) is 2.23. The Morgan fingerprint density at radius 2 is 1.90 bits per heavy atom. The lowest BCUT2D eigenvalue weighted by Crippen LogP contribution is -2.13. The third-order valence-corrected chi connectivity index (χ3v) is 4.25. The van der Waals surface area contributed by atoms with Gasteiger partial charge in [0.05, 0.1) is 10.6 Å². The minimum atomic E-state index is -3.64. The van der Waals surface area contributed by atoms with Gasteiger partial charge in [0.25, 0.3) is 10.0 Å². The number of para-hydroxylation sites is 1. The Labute approximate surface area is 115 Å². The SMILES string of the molecule is Cc1cccc(S(=O)(=O)Nc2cccc3n[nH]nc23)c1. The van der Waals surface area contributed by atoms with Crippen LogP contribution < -0.4 is 4.72 Å². The molecule has 1 aromatic heterocycles. The Hall–Kier alpha value is -2.41. The molecule has 2 aromatic carbocycles. The molecule has 0 aliphatic heterocycles. The van der Waals surface area contributed by atoms with Gasteiger partial charge in [-0.1, -0.05) is 18.2 Å². The predicted octanol–water partition coefficient (Wildman–Crippen LogP) is 2.07. The number of hydrogen-bond acceptors (Lipinski definition) is 4. The van der Waals surface area contributed by atoms with Crippen molar-refractivity contribution in [1.82, 2.24) is 15.4 Å². The first-order valence-electron chi connectivity index (χ1n) is 5.95. The van der Waals surface area contributed by atoms with E-state index in [0.29, 0.717) is 16.7 Å². The normalized spacial score (nSPS) is 11.7. The van der Waals surface area contributed by atoms with Gasteiger partial charge >= 0.3 is 0 Å². The van der Waals surface area contributed by atoms with E-state index in [2.05, 4.69) is 20.1 Å². The smallest absolute Gasteiger partial charge is 0.261 e. The molecule has 20 heavy (non-hydrogen) atoms. The van der Waals surface area contributed by atoms with Crippen LogP contribution in [0.2, 0.25) is 0 Å². The van der Waals surface area contributed by atoms with Gasteiger partial charge in [-0.2, -0.15) is 15.4 Å². The summed E-state index contributed by atoms with van der Waals surface area (Å²) in [5.74, 6) is 0. The molecule has 102 valence electrons. The van der Waals surface area contributed by atoms with Crippen LogP contribution in [0.1, 0.15) is 5.56 Å². The second kappa shape index (κ2) is 4.61. The number of benzene rings is 2.